The number of aromatic hydroxyl groups is 1. The zero-order valence-corrected chi connectivity index (χ0v) is 14.6. The molecule has 142 valence electrons. The van der Waals surface area contributed by atoms with Crippen molar-refractivity contribution in [1.29, 1.82) is 0 Å². The van der Waals surface area contributed by atoms with E-state index in [0.29, 0.717) is 23.4 Å². The molecule has 2 bridgehead atoms. The number of nitrogens with zero attached hydrogens (tertiary/aromatic N) is 6. The van der Waals surface area contributed by atoms with Gasteiger partial charge in [0, 0.05) is 24.1 Å². The van der Waals surface area contributed by atoms with Gasteiger partial charge in [0.05, 0.1) is 30.3 Å². The lowest BCUT2D eigenvalue weighted by atomic mass is 9.99. The number of ether oxygens (including phenoxy) is 1. The number of alkyl halides is 1. The summed E-state index contributed by atoms with van der Waals surface area (Å²) in [4.78, 5) is 4.13. The van der Waals surface area contributed by atoms with Gasteiger partial charge in [-0.05, 0) is 12.1 Å². The molecule has 3 aromatic rings. The van der Waals surface area contributed by atoms with Gasteiger partial charge < -0.3 is 15.2 Å². The average Bonchev–Trinajstić information content (AvgIpc) is 3.37. The molecular weight excluding hydrogens is 365 g/mol. The number of rotatable bonds is 4. The van der Waals surface area contributed by atoms with Crippen LogP contribution in [0.3, 0.4) is 0 Å². The molecule has 0 radical (unpaired) electrons. The molecule has 0 spiro atoms. The van der Waals surface area contributed by atoms with Gasteiger partial charge in [-0.25, -0.2) is 14.1 Å². The smallest absolute Gasteiger partial charge is 0.336 e. The standard InChI is InChI=1S/C18H16FN7O2/c19-17-13-4-1-10(22-13)7-16(17)28-18-20-9-14(23-24-18)12-3-2-11(8-15(12)27)26-6-5-21-25-26/h1-6,8-10,13,16-17,22,27H,7H2/t10-,13?,16-,17-/m0/s1. The van der Waals surface area contributed by atoms with Crippen molar-refractivity contribution in [2.24, 2.45) is 0 Å². The molecule has 1 unspecified atom stereocenters. The normalized spacial score (nSPS) is 25.8. The number of benzene rings is 1. The molecule has 2 aliphatic rings. The quantitative estimate of drug-likeness (QED) is 0.649. The van der Waals surface area contributed by atoms with Gasteiger partial charge in [-0.3, -0.25) is 0 Å². The summed E-state index contributed by atoms with van der Waals surface area (Å²) in [6.07, 6.45) is 7.13. The van der Waals surface area contributed by atoms with Gasteiger partial charge in [0.15, 0.2) is 6.17 Å². The number of halogens is 1. The van der Waals surface area contributed by atoms with Crippen molar-refractivity contribution in [3.63, 3.8) is 0 Å². The van der Waals surface area contributed by atoms with E-state index in [2.05, 4.69) is 30.8 Å². The van der Waals surface area contributed by atoms with Crippen LogP contribution in [0.1, 0.15) is 6.42 Å². The Morgan fingerprint density at radius 2 is 2.18 bits per heavy atom. The number of phenolic OH excluding ortho intramolecular Hbond substituents is 1. The molecule has 2 aliphatic heterocycles. The zero-order chi connectivity index (χ0) is 19.1. The molecule has 0 saturated carbocycles. The molecular formula is C18H16FN7O2. The summed E-state index contributed by atoms with van der Waals surface area (Å²) in [5, 5.41) is 29.1. The van der Waals surface area contributed by atoms with Crippen LogP contribution in [-0.2, 0) is 0 Å². The summed E-state index contributed by atoms with van der Waals surface area (Å²) in [5.41, 5.74) is 1.49. The second kappa shape index (κ2) is 6.64. The van der Waals surface area contributed by atoms with Crippen LogP contribution in [-0.4, -0.2) is 59.6 Å². The van der Waals surface area contributed by atoms with E-state index < -0.39 is 12.3 Å². The minimum atomic E-state index is -1.17. The minimum absolute atomic E-state index is 0.00240. The molecule has 28 heavy (non-hydrogen) atoms. The van der Waals surface area contributed by atoms with E-state index in [-0.39, 0.29) is 23.8 Å². The van der Waals surface area contributed by atoms with E-state index >= 15 is 0 Å². The molecule has 9 nitrogen and oxygen atoms in total. The van der Waals surface area contributed by atoms with Gasteiger partial charge in [-0.1, -0.05) is 22.5 Å². The van der Waals surface area contributed by atoms with Gasteiger partial charge >= 0.3 is 6.01 Å². The second-order valence-electron chi connectivity index (χ2n) is 6.70. The van der Waals surface area contributed by atoms with E-state index in [1.54, 1.807) is 30.6 Å². The summed E-state index contributed by atoms with van der Waals surface area (Å²) in [6, 6.07) is 4.78. The van der Waals surface area contributed by atoms with Gasteiger partial charge in [0.2, 0.25) is 0 Å². The fraction of sp³-hybridized carbons (Fsp3) is 0.278. The van der Waals surface area contributed by atoms with E-state index in [0.717, 1.165) is 0 Å². The van der Waals surface area contributed by atoms with Crippen LogP contribution in [0.4, 0.5) is 4.39 Å². The Morgan fingerprint density at radius 1 is 1.25 bits per heavy atom. The lowest BCUT2D eigenvalue weighted by Gasteiger charge is -2.32. The summed E-state index contributed by atoms with van der Waals surface area (Å²) in [6.45, 7) is 0. The second-order valence-corrected chi connectivity index (χ2v) is 6.70. The Labute approximate surface area is 158 Å². The summed E-state index contributed by atoms with van der Waals surface area (Å²) in [5.74, 6) is 0.00240. The van der Waals surface area contributed by atoms with Crippen LogP contribution >= 0.6 is 0 Å². The van der Waals surface area contributed by atoms with Crippen LogP contribution in [0.15, 0.2) is 48.9 Å². The predicted molar refractivity (Wildman–Crippen MR) is 95.6 cm³/mol. The number of phenols is 1. The first-order valence-electron chi connectivity index (χ1n) is 8.82. The molecule has 2 N–H and O–H groups in total. The number of fused-ring (bicyclic) bond motifs is 2. The summed E-state index contributed by atoms with van der Waals surface area (Å²) in [7, 11) is 0. The Hall–Kier alpha value is -3.40. The number of hydrogen-bond donors (Lipinski definition) is 2. The predicted octanol–water partition coefficient (Wildman–Crippen LogP) is 1.21. The molecule has 0 aliphatic carbocycles. The van der Waals surface area contributed by atoms with Gasteiger partial charge in [0.1, 0.15) is 17.5 Å². The largest absolute Gasteiger partial charge is 0.507 e. The monoisotopic (exact) mass is 381 g/mol. The van der Waals surface area contributed by atoms with Crippen LogP contribution in [0.5, 0.6) is 11.8 Å². The minimum Gasteiger partial charge on any atom is -0.507 e. The first kappa shape index (κ1) is 16.8. The Morgan fingerprint density at radius 3 is 2.93 bits per heavy atom. The van der Waals surface area contributed by atoms with Crippen molar-refractivity contribution >= 4 is 0 Å². The molecule has 2 aromatic heterocycles. The highest BCUT2D eigenvalue weighted by Crippen LogP contribution is 2.30. The average molecular weight is 381 g/mol. The highest BCUT2D eigenvalue weighted by atomic mass is 19.1. The Balaban J connectivity index is 1.33. The van der Waals surface area contributed by atoms with Crippen molar-refractivity contribution in [3.05, 3.63) is 48.9 Å². The van der Waals surface area contributed by atoms with Crippen molar-refractivity contribution < 1.29 is 14.2 Å². The van der Waals surface area contributed by atoms with Gasteiger partial charge in [0.25, 0.3) is 0 Å². The van der Waals surface area contributed by atoms with E-state index in [1.165, 1.54) is 10.9 Å². The molecule has 1 fully saturated rings. The molecule has 1 saturated heterocycles. The fourth-order valence-corrected chi connectivity index (χ4v) is 3.48. The lowest BCUT2D eigenvalue weighted by molar-refractivity contribution is 0.0438. The summed E-state index contributed by atoms with van der Waals surface area (Å²) >= 11 is 0. The van der Waals surface area contributed by atoms with Crippen molar-refractivity contribution in [2.75, 3.05) is 0 Å². The maximum absolute atomic E-state index is 14.4. The highest BCUT2D eigenvalue weighted by molar-refractivity contribution is 5.67. The number of piperidine rings is 1. The van der Waals surface area contributed by atoms with Gasteiger partial charge in [-0.15, -0.1) is 10.2 Å². The Kier molecular flexibility index (Phi) is 3.97. The first-order valence-corrected chi connectivity index (χ1v) is 8.82. The van der Waals surface area contributed by atoms with E-state index in [4.69, 9.17) is 4.74 Å². The molecule has 10 heteroatoms. The Bertz CT molecular complexity index is 1010. The third-order valence-corrected chi connectivity index (χ3v) is 4.88. The van der Waals surface area contributed by atoms with Crippen molar-refractivity contribution in [2.45, 2.75) is 30.8 Å². The molecule has 5 rings (SSSR count). The maximum Gasteiger partial charge on any atom is 0.336 e. The maximum atomic E-state index is 14.4. The van der Waals surface area contributed by atoms with E-state index in [1.807, 2.05) is 12.2 Å². The van der Waals surface area contributed by atoms with Crippen molar-refractivity contribution in [1.82, 2.24) is 35.5 Å². The third-order valence-electron chi connectivity index (χ3n) is 4.88. The number of hydrogen-bond acceptors (Lipinski definition) is 8. The lowest BCUT2D eigenvalue weighted by Crippen LogP contribution is -2.52. The van der Waals surface area contributed by atoms with Gasteiger partial charge in [-0.2, -0.15) is 0 Å². The fourth-order valence-electron chi connectivity index (χ4n) is 3.48. The first-order chi connectivity index (χ1) is 13.7. The van der Waals surface area contributed by atoms with Crippen LogP contribution in [0.2, 0.25) is 0 Å². The molecule has 1 aromatic carbocycles. The molecule has 4 heterocycles. The topological polar surface area (TPSA) is 111 Å². The highest BCUT2D eigenvalue weighted by Gasteiger charge is 2.40. The molecule has 4 atom stereocenters. The van der Waals surface area contributed by atoms with Crippen molar-refractivity contribution in [3.8, 4) is 28.7 Å². The molecule has 0 amide bonds. The number of aromatic nitrogens is 6. The van der Waals surface area contributed by atoms with Crippen LogP contribution < -0.4 is 10.1 Å². The zero-order valence-electron chi connectivity index (χ0n) is 14.6. The SMILES string of the molecule is Oc1cc(-n2ccnn2)ccc1-c1cnc(O[C@H]2C[C@@H]3C=CC(N3)[C@@H]2F)nn1. The summed E-state index contributed by atoms with van der Waals surface area (Å²) < 4.78 is 21.6. The third kappa shape index (κ3) is 2.97. The van der Waals surface area contributed by atoms with E-state index in [9.17, 15) is 9.50 Å². The number of nitrogens with one attached hydrogen (secondary N) is 1. The van der Waals surface area contributed by atoms with Crippen LogP contribution in [0, 0.1) is 0 Å². The van der Waals surface area contributed by atoms with Crippen LogP contribution in [0.25, 0.3) is 16.9 Å².